The van der Waals surface area contributed by atoms with Crippen molar-refractivity contribution in [1.82, 2.24) is 0 Å². The average Bonchev–Trinajstić information content (AvgIpc) is 2.56. The maximum Gasteiger partial charge on any atom is 0.372 e. The molecule has 0 atom stereocenters. The van der Waals surface area contributed by atoms with Gasteiger partial charge in [0.1, 0.15) is 5.75 Å². The lowest BCUT2D eigenvalue weighted by Gasteiger charge is -2.09. The Morgan fingerprint density at radius 2 is 1.79 bits per heavy atom. The van der Waals surface area contributed by atoms with E-state index in [1.807, 2.05) is 26.0 Å². The van der Waals surface area contributed by atoms with Crippen molar-refractivity contribution in [1.29, 1.82) is 0 Å². The van der Waals surface area contributed by atoms with Crippen molar-refractivity contribution in [2.24, 2.45) is 10.9 Å². The fourth-order valence-corrected chi connectivity index (χ4v) is 2.29. The van der Waals surface area contributed by atoms with Crippen LogP contribution in [0.5, 0.6) is 5.75 Å². The summed E-state index contributed by atoms with van der Waals surface area (Å²) in [6.45, 7) is 3.62. The number of carbonyl (C=O) groups is 1. The second-order valence-corrected chi connectivity index (χ2v) is 6.34. The summed E-state index contributed by atoms with van der Waals surface area (Å²) in [7, 11) is 0. The summed E-state index contributed by atoms with van der Waals surface area (Å²) >= 11 is 9.26. The van der Waals surface area contributed by atoms with Crippen molar-refractivity contribution in [3.8, 4) is 5.75 Å². The van der Waals surface area contributed by atoms with Crippen LogP contribution in [0.25, 0.3) is 0 Å². The summed E-state index contributed by atoms with van der Waals surface area (Å²) in [5.74, 6) is 0.0142. The molecule has 0 fully saturated rings. The number of carbonyl (C=O) groups excluding carboxylic acids is 1. The van der Waals surface area contributed by atoms with Gasteiger partial charge in [0.2, 0.25) is 0 Å². The van der Waals surface area contributed by atoms with Gasteiger partial charge in [0.15, 0.2) is 12.4 Å². The van der Waals surface area contributed by atoms with Crippen LogP contribution in [0.1, 0.15) is 16.7 Å². The zero-order valence-electron chi connectivity index (χ0n) is 13.2. The summed E-state index contributed by atoms with van der Waals surface area (Å²) in [4.78, 5) is 16.5. The van der Waals surface area contributed by atoms with E-state index in [0.717, 1.165) is 15.6 Å². The van der Waals surface area contributed by atoms with Gasteiger partial charge in [0.25, 0.3) is 0 Å². The first-order valence-corrected chi connectivity index (χ1v) is 8.22. The minimum atomic E-state index is -0.648. The first kappa shape index (κ1) is 18.3. The minimum absolute atomic E-state index is 0.0790. The van der Waals surface area contributed by atoms with E-state index >= 15 is 0 Å². The van der Waals surface area contributed by atoms with Gasteiger partial charge >= 0.3 is 5.97 Å². The van der Waals surface area contributed by atoms with Gasteiger partial charge in [-0.2, -0.15) is 0 Å². The number of amidine groups is 1. The standard InChI is InChI=1S/C17H16BrClN2O3/c1-10-7-14(8-11(2)16(10)18)23-9-15(22)24-21-17(20)12-3-5-13(19)6-4-12/h3-8H,9H2,1-2H3,(H2,20,21). The van der Waals surface area contributed by atoms with Gasteiger partial charge in [-0.1, -0.05) is 32.7 Å². The Hall–Kier alpha value is -2.05. The van der Waals surface area contributed by atoms with Gasteiger partial charge < -0.3 is 15.3 Å². The molecule has 0 spiro atoms. The molecule has 0 amide bonds. The van der Waals surface area contributed by atoms with E-state index in [1.165, 1.54) is 0 Å². The van der Waals surface area contributed by atoms with Gasteiger partial charge in [0.05, 0.1) is 0 Å². The molecular formula is C17H16BrClN2O3. The molecule has 5 nitrogen and oxygen atoms in total. The number of hydrogen-bond acceptors (Lipinski definition) is 4. The monoisotopic (exact) mass is 410 g/mol. The van der Waals surface area contributed by atoms with E-state index in [2.05, 4.69) is 21.1 Å². The van der Waals surface area contributed by atoms with Gasteiger partial charge in [-0.05, 0) is 61.4 Å². The molecule has 0 unspecified atom stereocenters. The first-order chi connectivity index (χ1) is 11.4. The quantitative estimate of drug-likeness (QED) is 0.350. The summed E-state index contributed by atoms with van der Waals surface area (Å²) < 4.78 is 6.43. The predicted molar refractivity (Wildman–Crippen MR) is 97.4 cm³/mol. The Morgan fingerprint density at radius 1 is 1.21 bits per heavy atom. The molecule has 24 heavy (non-hydrogen) atoms. The van der Waals surface area contributed by atoms with Crippen molar-refractivity contribution in [2.75, 3.05) is 6.61 Å². The Labute approximate surface area is 153 Å². The topological polar surface area (TPSA) is 73.9 Å². The highest BCUT2D eigenvalue weighted by Crippen LogP contribution is 2.26. The smallest absolute Gasteiger partial charge is 0.372 e. The maximum absolute atomic E-state index is 11.7. The lowest BCUT2D eigenvalue weighted by atomic mass is 10.1. The Kier molecular flexibility index (Phi) is 6.23. The van der Waals surface area contributed by atoms with E-state index in [1.54, 1.807) is 24.3 Å². The zero-order valence-corrected chi connectivity index (χ0v) is 15.5. The number of benzene rings is 2. The third kappa shape index (κ3) is 4.97. The molecule has 126 valence electrons. The van der Waals surface area contributed by atoms with Gasteiger partial charge in [-0.3, -0.25) is 0 Å². The number of oxime groups is 1. The van der Waals surface area contributed by atoms with E-state index < -0.39 is 5.97 Å². The van der Waals surface area contributed by atoms with Crippen LogP contribution in [-0.4, -0.2) is 18.4 Å². The van der Waals surface area contributed by atoms with Crippen LogP contribution in [0.2, 0.25) is 5.02 Å². The number of nitrogens with zero attached hydrogens (tertiary/aromatic N) is 1. The Balaban J connectivity index is 1.91. The number of hydrogen-bond donors (Lipinski definition) is 1. The second kappa shape index (κ2) is 8.17. The fraction of sp³-hybridized carbons (Fsp3) is 0.176. The lowest BCUT2D eigenvalue weighted by molar-refractivity contribution is -0.146. The molecule has 0 heterocycles. The molecule has 2 rings (SSSR count). The summed E-state index contributed by atoms with van der Waals surface area (Å²) in [5, 5.41) is 4.18. The minimum Gasteiger partial charge on any atom is -0.482 e. The summed E-state index contributed by atoms with van der Waals surface area (Å²) in [6.07, 6.45) is 0. The third-order valence-corrected chi connectivity index (χ3v) is 4.66. The largest absolute Gasteiger partial charge is 0.482 e. The van der Waals surface area contributed by atoms with Crippen molar-refractivity contribution in [3.05, 3.63) is 62.6 Å². The number of nitrogens with two attached hydrogens (primary N) is 1. The molecule has 0 aliphatic carbocycles. The highest BCUT2D eigenvalue weighted by Gasteiger charge is 2.08. The third-order valence-electron chi connectivity index (χ3n) is 3.15. The maximum atomic E-state index is 11.7. The van der Waals surface area contributed by atoms with E-state index in [4.69, 9.17) is 26.9 Å². The molecule has 0 saturated carbocycles. The van der Waals surface area contributed by atoms with Gasteiger partial charge in [-0.15, -0.1) is 0 Å². The molecule has 0 bridgehead atoms. The van der Waals surface area contributed by atoms with Crippen molar-refractivity contribution >= 4 is 39.3 Å². The van der Waals surface area contributed by atoms with Crippen LogP contribution < -0.4 is 10.5 Å². The fourth-order valence-electron chi connectivity index (χ4n) is 1.93. The van der Waals surface area contributed by atoms with Crippen LogP contribution in [0, 0.1) is 13.8 Å². The number of halogens is 2. The Bertz CT molecular complexity index is 753. The van der Waals surface area contributed by atoms with Crippen molar-refractivity contribution in [2.45, 2.75) is 13.8 Å². The van der Waals surface area contributed by atoms with Crippen LogP contribution in [0.15, 0.2) is 46.0 Å². The van der Waals surface area contributed by atoms with Gasteiger partial charge in [0, 0.05) is 15.1 Å². The van der Waals surface area contributed by atoms with Crippen molar-refractivity contribution < 1.29 is 14.4 Å². The highest BCUT2D eigenvalue weighted by atomic mass is 79.9. The van der Waals surface area contributed by atoms with Crippen molar-refractivity contribution in [3.63, 3.8) is 0 Å². The van der Waals surface area contributed by atoms with Gasteiger partial charge in [-0.25, -0.2) is 4.79 Å². The van der Waals surface area contributed by atoms with Crippen LogP contribution in [-0.2, 0) is 9.63 Å². The second-order valence-electron chi connectivity index (χ2n) is 5.11. The lowest BCUT2D eigenvalue weighted by Crippen LogP contribution is -2.18. The van der Waals surface area contributed by atoms with E-state index in [-0.39, 0.29) is 12.4 Å². The molecule has 0 aliphatic rings. The molecule has 0 aliphatic heterocycles. The molecule has 0 aromatic heterocycles. The van der Waals surface area contributed by atoms with E-state index in [9.17, 15) is 4.79 Å². The van der Waals surface area contributed by atoms with Crippen LogP contribution in [0.3, 0.4) is 0 Å². The molecular weight excluding hydrogens is 396 g/mol. The van der Waals surface area contributed by atoms with E-state index in [0.29, 0.717) is 16.3 Å². The number of rotatable bonds is 5. The predicted octanol–water partition coefficient (Wildman–Crippen LogP) is 3.96. The van der Waals surface area contributed by atoms with Crippen LogP contribution in [0.4, 0.5) is 0 Å². The molecule has 0 saturated heterocycles. The first-order valence-electron chi connectivity index (χ1n) is 7.05. The normalized spacial score (nSPS) is 11.2. The van der Waals surface area contributed by atoms with Crippen LogP contribution >= 0.6 is 27.5 Å². The molecule has 0 radical (unpaired) electrons. The number of ether oxygens (including phenoxy) is 1. The zero-order chi connectivity index (χ0) is 17.7. The summed E-state index contributed by atoms with van der Waals surface area (Å²) in [5.41, 5.74) is 8.38. The Morgan fingerprint density at radius 3 is 2.38 bits per heavy atom. The molecule has 2 aromatic carbocycles. The molecule has 7 heteroatoms. The molecule has 2 N–H and O–H groups in total. The average molecular weight is 412 g/mol. The SMILES string of the molecule is Cc1cc(OCC(=O)ON=C(N)c2ccc(Cl)cc2)cc(C)c1Br. The highest BCUT2D eigenvalue weighted by molar-refractivity contribution is 9.10. The molecule has 2 aromatic rings. The number of aryl methyl sites for hydroxylation is 2. The summed E-state index contributed by atoms with van der Waals surface area (Å²) in [6, 6.07) is 10.4.